The van der Waals surface area contributed by atoms with Gasteiger partial charge in [-0.05, 0) is 48.7 Å². The highest BCUT2D eigenvalue weighted by Crippen LogP contribution is 2.31. The molecule has 1 N–H and O–H groups in total. The van der Waals surface area contributed by atoms with Crippen LogP contribution in [0.5, 0.6) is 11.5 Å². The zero-order valence-electron chi connectivity index (χ0n) is 15.7. The van der Waals surface area contributed by atoms with Crippen molar-refractivity contribution in [1.29, 1.82) is 0 Å². The first-order valence-corrected chi connectivity index (χ1v) is 8.32. The van der Waals surface area contributed by atoms with Gasteiger partial charge in [0.05, 0.1) is 0 Å². The molecule has 140 valence electrons. The number of rotatable bonds is 5. The molecule has 2 aromatic carbocycles. The van der Waals surface area contributed by atoms with Crippen LogP contribution >= 0.6 is 0 Å². The van der Waals surface area contributed by atoms with Crippen molar-refractivity contribution >= 4 is 29.6 Å². The Balaban J connectivity index is 2.14. The average molecular weight is 367 g/mol. The van der Waals surface area contributed by atoms with Crippen molar-refractivity contribution in [3.63, 3.8) is 0 Å². The number of carbonyl (C=O) groups is 3. The van der Waals surface area contributed by atoms with E-state index in [9.17, 15) is 14.4 Å². The van der Waals surface area contributed by atoms with Gasteiger partial charge in [0.15, 0.2) is 11.5 Å². The summed E-state index contributed by atoms with van der Waals surface area (Å²) in [5.41, 5.74) is 3.64. The lowest BCUT2D eigenvalue weighted by atomic mass is 10.1. The van der Waals surface area contributed by atoms with Gasteiger partial charge >= 0.3 is 11.9 Å². The van der Waals surface area contributed by atoms with Crippen LogP contribution in [0.1, 0.15) is 30.5 Å². The fourth-order valence-corrected chi connectivity index (χ4v) is 2.28. The predicted octanol–water partition coefficient (Wildman–Crippen LogP) is 3.81. The second-order valence-corrected chi connectivity index (χ2v) is 6.02. The maximum Gasteiger partial charge on any atom is 0.308 e. The summed E-state index contributed by atoms with van der Waals surface area (Å²) < 4.78 is 10.0. The Kier molecular flexibility index (Phi) is 6.49. The van der Waals surface area contributed by atoms with Gasteiger partial charge < -0.3 is 14.8 Å². The number of anilines is 1. The van der Waals surface area contributed by atoms with E-state index in [2.05, 4.69) is 5.32 Å². The number of benzene rings is 2. The lowest BCUT2D eigenvalue weighted by molar-refractivity contribution is -0.134. The molecule has 0 atom stereocenters. The van der Waals surface area contributed by atoms with Gasteiger partial charge in [-0.15, -0.1) is 0 Å². The first-order chi connectivity index (χ1) is 12.7. The molecule has 0 aliphatic rings. The van der Waals surface area contributed by atoms with E-state index in [-0.39, 0.29) is 17.4 Å². The van der Waals surface area contributed by atoms with Gasteiger partial charge in [-0.25, -0.2) is 0 Å². The van der Waals surface area contributed by atoms with Gasteiger partial charge in [-0.3, -0.25) is 14.4 Å². The maximum absolute atomic E-state index is 12.1. The molecule has 0 bridgehead atoms. The number of hydrogen-bond acceptors (Lipinski definition) is 5. The molecular formula is C21H21NO5. The molecule has 1 amide bonds. The molecule has 0 aromatic heterocycles. The molecule has 0 spiro atoms. The van der Waals surface area contributed by atoms with E-state index in [1.54, 1.807) is 12.1 Å². The molecule has 0 saturated heterocycles. The van der Waals surface area contributed by atoms with Gasteiger partial charge in [-0.2, -0.15) is 0 Å². The molecule has 6 heteroatoms. The van der Waals surface area contributed by atoms with Gasteiger partial charge in [0.2, 0.25) is 5.91 Å². The van der Waals surface area contributed by atoms with Crippen LogP contribution in [0.3, 0.4) is 0 Å². The Morgan fingerprint density at radius 2 is 1.52 bits per heavy atom. The van der Waals surface area contributed by atoms with Crippen molar-refractivity contribution in [2.75, 3.05) is 5.32 Å². The first kappa shape index (κ1) is 19.9. The van der Waals surface area contributed by atoms with Crippen molar-refractivity contribution in [3.8, 4) is 11.5 Å². The van der Waals surface area contributed by atoms with Gasteiger partial charge in [-0.1, -0.05) is 18.2 Å². The number of ether oxygens (including phenoxy) is 2. The lowest BCUT2D eigenvalue weighted by Crippen LogP contribution is -2.10. The van der Waals surface area contributed by atoms with E-state index in [0.29, 0.717) is 5.69 Å². The molecule has 6 nitrogen and oxygen atoms in total. The highest BCUT2D eigenvalue weighted by Gasteiger charge is 2.12. The Morgan fingerprint density at radius 1 is 0.852 bits per heavy atom. The average Bonchev–Trinajstić information content (AvgIpc) is 2.57. The molecule has 0 unspecified atom stereocenters. The number of amides is 1. The standard InChI is InChI=1S/C21H21NO5/c1-13-5-6-17(11-14(13)2)7-10-21(25)22-18-8-9-19(26-15(3)23)20(12-18)27-16(4)24/h5-12H,1-4H3,(H,22,25)/b10-7+. The molecule has 0 aliphatic carbocycles. The van der Waals surface area contributed by atoms with Gasteiger partial charge in [0.1, 0.15) is 0 Å². The number of nitrogens with one attached hydrogen (secondary N) is 1. The smallest absolute Gasteiger partial charge is 0.308 e. The van der Waals surface area contributed by atoms with Crippen LogP contribution in [0.15, 0.2) is 42.5 Å². The van der Waals surface area contributed by atoms with E-state index >= 15 is 0 Å². The fourth-order valence-electron chi connectivity index (χ4n) is 2.28. The minimum Gasteiger partial charge on any atom is -0.423 e. The van der Waals surface area contributed by atoms with E-state index < -0.39 is 11.9 Å². The van der Waals surface area contributed by atoms with E-state index in [1.807, 2.05) is 32.0 Å². The predicted molar refractivity (Wildman–Crippen MR) is 103 cm³/mol. The fraction of sp³-hybridized carbons (Fsp3) is 0.190. The van der Waals surface area contributed by atoms with Crippen LogP contribution in [-0.4, -0.2) is 17.8 Å². The molecule has 2 aromatic rings. The Labute approximate surface area is 157 Å². The summed E-state index contributed by atoms with van der Waals surface area (Å²) in [6, 6.07) is 10.3. The first-order valence-electron chi connectivity index (χ1n) is 8.32. The largest absolute Gasteiger partial charge is 0.423 e. The van der Waals surface area contributed by atoms with Crippen LogP contribution in [0, 0.1) is 13.8 Å². The van der Waals surface area contributed by atoms with Crippen molar-refractivity contribution in [3.05, 3.63) is 59.2 Å². The third-order valence-electron chi connectivity index (χ3n) is 3.68. The van der Waals surface area contributed by atoms with Crippen molar-refractivity contribution in [2.24, 2.45) is 0 Å². The summed E-state index contributed by atoms with van der Waals surface area (Å²) in [4.78, 5) is 34.5. The van der Waals surface area contributed by atoms with Crippen LogP contribution in [0.25, 0.3) is 6.08 Å². The molecule has 0 fully saturated rings. The minimum absolute atomic E-state index is 0.0497. The summed E-state index contributed by atoms with van der Waals surface area (Å²) in [6.07, 6.45) is 3.12. The molecule has 27 heavy (non-hydrogen) atoms. The number of hydrogen-bond donors (Lipinski definition) is 1. The quantitative estimate of drug-likeness (QED) is 0.494. The molecule has 0 aliphatic heterocycles. The van der Waals surface area contributed by atoms with Crippen molar-refractivity contribution in [2.45, 2.75) is 27.7 Å². The third-order valence-corrected chi connectivity index (χ3v) is 3.68. The number of carbonyl (C=O) groups excluding carboxylic acids is 3. The van der Waals surface area contributed by atoms with E-state index in [0.717, 1.165) is 11.1 Å². The second-order valence-electron chi connectivity index (χ2n) is 6.02. The SMILES string of the molecule is CC(=O)Oc1ccc(NC(=O)/C=C/c2ccc(C)c(C)c2)cc1OC(C)=O. The molecule has 0 heterocycles. The van der Waals surface area contributed by atoms with E-state index in [4.69, 9.17) is 9.47 Å². The topological polar surface area (TPSA) is 81.7 Å². The van der Waals surface area contributed by atoms with E-state index in [1.165, 1.54) is 37.6 Å². The molecule has 0 saturated carbocycles. The van der Waals surface area contributed by atoms with Crippen LogP contribution in [0.4, 0.5) is 5.69 Å². The normalized spacial score (nSPS) is 10.5. The van der Waals surface area contributed by atoms with Gasteiger partial charge in [0.25, 0.3) is 0 Å². The molecule has 0 radical (unpaired) electrons. The van der Waals surface area contributed by atoms with Crippen LogP contribution in [0.2, 0.25) is 0 Å². The Morgan fingerprint density at radius 3 is 2.15 bits per heavy atom. The monoisotopic (exact) mass is 367 g/mol. The molecule has 2 rings (SSSR count). The van der Waals surface area contributed by atoms with Crippen molar-refractivity contribution in [1.82, 2.24) is 0 Å². The Bertz CT molecular complexity index is 915. The zero-order chi connectivity index (χ0) is 20.0. The highest BCUT2D eigenvalue weighted by atomic mass is 16.6. The lowest BCUT2D eigenvalue weighted by Gasteiger charge is -2.10. The van der Waals surface area contributed by atoms with Gasteiger partial charge in [0, 0.05) is 31.7 Å². The minimum atomic E-state index is -0.568. The summed E-state index contributed by atoms with van der Waals surface area (Å²) in [7, 11) is 0. The summed E-state index contributed by atoms with van der Waals surface area (Å²) in [5, 5.41) is 2.67. The number of aryl methyl sites for hydroxylation is 2. The highest BCUT2D eigenvalue weighted by molar-refractivity contribution is 6.02. The Hall–Kier alpha value is -3.41. The third kappa shape index (κ3) is 6.11. The maximum atomic E-state index is 12.1. The number of esters is 2. The van der Waals surface area contributed by atoms with Crippen LogP contribution < -0.4 is 14.8 Å². The second kappa shape index (κ2) is 8.80. The summed E-state index contributed by atoms with van der Waals surface area (Å²) >= 11 is 0. The molecular weight excluding hydrogens is 346 g/mol. The van der Waals surface area contributed by atoms with Crippen molar-refractivity contribution < 1.29 is 23.9 Å². The summed E-state index contributed by atoms with van der Waals surface area (Å²) in [6.45, 7) is 6.50. The van der Waals surface area contributed by atoms with Crippen LogP contribution in [-0.2, 0) is 14.4 Å². The zero-order valence-corrected chi connectivity index (χ0v) is 15.7. The summed E-state index contributed by atoms with van der Waals surface area (Å²) in [5.74, 6) is -1.31.